The standard InChI is InChI=1S/C16H23N3/c1-4-12-19-15(10-11-18-19)16(17-3)14-8-6-13(5-2)7-9-14/h6-11,16-17H,4-5,12H2,1-3H3. The lowest BCUT2D eigenvalue weighted by Crippen LogP contribution is -2.21. The maximum Gasteiger partial charge on any atom is 0.0745 e. The summed E-state index contributed by atoms with van der Waals surface area (Å²) in [6.45, 7) is 5.32. The van der Waals surface area contributed by atoms with Crippen LogP contribution in [0.15, 0.2) is 36.5 Å². The molecule has 2 rings (SSSR count). The maximum absolute atomic E-state index is 4.41. The fourth-order valence-corrected chi connectivity index (χ4v) is 2.42. The lowest BCUT2D eigenvalue weighted by atomic mass is 10.0. The van der Waals surface area contributed by atoms with Crippen LogP contribution in [0.5, 0.6) is 0 Å². The number of hydrogen-bond donors (Lipinski definition) is 1. The van der Waals surface area contributed by atoms with Gasteiger partial charge < -0.3 is 5.32 Å². The number of hydrogen-bond acceptors (Lipinski definition) is 2. The summed E-state index contributed by atoms with van der Waals surface area (Å²) in [6, 6.07) is 11.2. The van der Waals surface area contributed by atoms with Crippen molar-refractivity contribution in [3.63, 3.8) is 0 Å². The van der Waals surface area contributed by atoms with Gasteiger partial charge in [-0.3, -0.25) is 4.68 Å². The number of nitrogens with zero attached hydrogens (tertiary/aromatic N) is 2. The molecule has 0 aliphatic carbocycles. The molecule has 1 unspecified atom stereocenters. The minimum atomic E-state index is 0.208. The van der Waals surface area contributed by atoms with E-state index < -0.39 is 0 Å². The van der Waals surface area contributed by atoms with Crippen molar-refractivity contribution >= 4 is 0 Å². The Morgan fingerprint density at radius 2 is 1.89 bits per heavy atom. The molecule has 0 radical (unpaired) electrons. The van der Waals surface area contributed by atoms with Gasteiger partial charge in [0.15, 0.2) is 0 Å². The summed E-state index contributed by atoms with van der Waals surface area (Å²) in [5.74, 6) is 0. The molecule has 3 nitrogen and oxygen atoms in total. The van der Waals surface area contributed by atoms with E-state index in [0.717, 1.165) is 19.4 Å². The van der Waals surface area contributed by atoms with Gasteiger partial charge in [0.05, 0.1) is 11.7 Å². The van der Waals surface area contributed by atoms with Crippen LogP contribution in [0.3, 0.4) is 0 Å². The lowest BCUT2D eigenvalue weighted by molar-refractivity contribution is 0.534. The molecule has 1 heterocycles. The monoisotopic (exact) mass is 257 g/mol. The smallest absolute Gasteiger partial charge is 0.0745 e. The topological polar surface area (TPSA) is 29.9 Å². The summed E-state index contributed by atoms with van der Waals surface area (Å²) in [6.07, 6.45) is 4.06. The summed E-state index contributed by atoms with van der Waals surface area (Å²) in [5, 5.41) is 7.81. The van der Waals surface area contributed by atoms with Crippen LogP contribution in [-0.2, 0) is 13.0 Å². The molecule has 1 aromatic carbocycles. The first-order valence-corrected chi connectivity index (χ1v) is 7.08. The number of rotatable bonds is 6. The highest BCUT2D eigenvalue weighted by Gasteiger charge is 2.16. The molecule has 2 aromatic rings. The van der Waals surface area contributed by atoms with Crippen LogP contribution in [0, 0.1) is 0 Å². The van der Waals surface area contributed by atoms with Crippen molar-refractivity contribution in [2.24, 2.45) is 0 Å². The normalized spacial score (nSPS) is 12.6. The van der Waals surface area contributed by atoms with Gasteiger partial charge in [-0.05, 0) is 37.1 Å². The van der Waals surface area contributed by atoms with Crippen molar-refractivity contribution in [2.45, 2.75) is 39.3 Å². The Kier molecular flexibility index (Phi) is 4.74. The second-order valence-corrected chi connectivity index (χ2v) is 4.80. The Bertz CT molecular complexity index is 499. The zero-order valence-corrected chi connectivity index (χ0v) is 12.1. The van der Waals surface area contributed by atoms with Gasteiger partial charge in [-0.2, -0.15) is 5.10 Å². The van der Waals surface area contributed by atoms with Crippen molar-refractivity contribution < 1.29 is 0 Å². The Hall–Kier alpha value is -1.61. The van der Waals surface area contributed by atoms with Crippen molar-refractivity contribution in [2.75, 3.05) is 7.05 Å². The van der Waals surface area contributed by atoms with Crippen LogP contribution in [0.1, 0.15) is 43.1 Å². The molecule has 0 aliphatic rings. The average molecular weight is 257 g/mol. The first-order chi connectivity index (χ1) is 9.30. The summed E-state index contributed by atoms with van der Waals surface area (Å²) in [5.41, 5.74) is 3.90. The Morgan fingerprint density at radius 1 is 1.16 bits per heavy atom. The number of aryl methyl sites for hydroxylation is 2. The molecule has 0 spiro atoms. The second-order valence-electron chi connectivity index (χ2n) is 4.80. The van der Waals surface area contributed by atoms with Crippen molar-refractivity contribution in [3.05, 3.63) is 53.3 Å². The highest BCUT2D eigenvalue weighted by atomic mass is 15.3. The minimum Gasteiger partial charge on any atom is -0.308 e. The van der Waals surface area contributed by atoms with Gasteiger partial charge in [-0.25, -0.2) is 0 Å². The van der Waals surface area contributed by atoms with Gasteiger partial charge in [-0.1, -0.05) is 38.1 Å². The Balaban J connectivity index is 2.29. The molecule has 0 bridgehead atoms. The SMILES string of the molecule is CCCn1nccc1C(NC)c1ccc(CC)cc1. The Morgan fingerprint density at radius 3 is 2.47 bits per heavy atom. The van der Waals surface area contributed by atoms with Crippen molar-refractivity contribution in [3.8, 4) is 0 Å². The highest BCUT2D eigenvalue weighted by molar-refractivity contribution is 5.30. The second kappa shape index (κ2) is 6.53. The van der Waals surface area contributed by atoms with Crippen LogP contribution in [-0.4, -0.2) is 16.8 Å². The van der Waals surface area contributed by atoms with Crippen LogP contribution in [0.25, 0.3) is 0 Å². The minimum absolute atomic E-state index is 0.208. The van der Waals surface area contributed by atoms with E-state index >= 15 is 0 Å². The van der Waals surface area contributed by atoms with Gasteiger partial charge in [0.25, 0.3) is 0 Å². The molecular formula is C16H23N3. The summed E-state index contributed by atoms with van der Waals surface area (Å²) < 4.78 is 2.09. The zero-order valence-electron chi connectivity index (χ0n) is 12.1. The molecule has 1 aromatic heterocycles. The molecule has 102 valence electrons. The molecule has 0 saturated heterocycles. The molecule has 3 heteroatoms. The summed E-state index contributed by atoms with van der Waals surface area (Å²) >= 11 is 0. The van der Waals surface area contributed by atoms with E-state index in [4.69, 9.17) is 0 Å². The van der Waals surface area contributed by atoms with Crippen molar-refractivity contribution in [1.29, 1.82) is 0 Å². The van der Waals surface area contributed by atoms with E-state index in [1.165, 1.54) is 16.8 Å². The highest BCUT2D eigenvalue weighted by Crippen LogP contribution is 2.22. The predicted octanol–water partition coefficient (Wildman–Crippen LogP) is 3.16. The van der Waals surface area contributed by atoms with E-state index in [2.05, 4.69) is 59.3 Å². The van der Waals surface area contributed by atoms with Gasteiger partial charge in [0.1, 0.15) is 0 Å². The molecule has 0 saturated carbocycles. The van der Waals surface area contributed by atoms with E-state index in [1.54, 1.807) is 0 Å². The fraction of sp³-hybridized carbons (Fsp3) is 0.438. The largest absolute Gasteiger partial charge is 0.308 e. The van der Waals surface area contributed by atoms with Crippen LogP contribution >= 0.6 is 0 Å². The van der Waals surface area contributed by atoms with E-state index in [-0.39, 0.29) is 6.04 Å². The molecule has 0 fully saturated rings. The van der Waals surface area contributed by atoms with Gasteiger partial charge >= 0.3 is 0 Å². The lowest BCUT2D eigenvalue weighted by Gasteiger charge is -2.18. The van der Waals surface area contributed by atoms with Gasteiger partial charge in [0.2, 0.25) is 0 Å². The third kappa shape index (κ3) is 3.04. The molecular weight excluding hydrogens is 234 g/mol. The number of nitrogens with one attached hydrogen (secondary N) is 1. The number of benzene rings is 1. The average Bonchev–Trinajstić information content (AvgIpc) is 2.89. The predicted molar refractivity (Wildman–Crippen MR) is 79.2 cm³/mol. The third-order valence-electron chi connectivity index (χ3n) is 3.49. The molecule has 0 amide bonds. The van der Waals surface area contributed by atoms with Crippen molar-refractivity contribution in [1.82, 2.24) is 15.1 Å². The quantitative estimate of drug-likeness (QED) is 0.861. The Labute approximate surface area is 115 Å². The first kappa shape index (κ1) is 13.8. The summed E-state index contributed by atoms with van der Waals surface area (Å²) in [7, 11) is 2.00. The molecule has 1 N–H and O–H groups in total. The number of aromatic nitrogens is 2. The molecule has 1 atom stereocenters. The summed E-state index contributed by atoms with van der Waals surface area (Å²) in [4.78, 5) is 0. The molecule has 19 heavy (non-hydrogen) atoms. The first-order valence-electron chi connectivity index (χ1n) is 7.08. The third-order valence-corrected chi connectivity index (χ3v) is 3.49. The maximum atomic E-state index is 4.41. The van der Waals surface area contributed by atoms with Gasteiger partial charge in [-0.15, -0.1) is 0 Å². The van der Waals surface area contributed by atoms with Crippen LogP contribution < -0.4 is 5.32 Å². The van der Waals surface area contributed by atoms with E-state index in [9.17, 15) is 0 Å². The zero-order chi connectivity index (χ0) is 13.7. The van der Waals surface area contributed by atoms with Crippen LogP contribution in [0.4, 0.5) is 0 Å². The van der Waals surface area contributed by atoms with Crippen LogP contribution in [0.2, 0.25) is 0 Å². The van der Waals surface area contributed by atoms with E-state index in [1.807, 2.05) is 13.2 Å². The van der Waals surface area contributed by atoms with E-state index in [0.29, 0.717) is 0 Å². The van der Waals surface area contributed by atoms with Gasteiger partial charge in [0, 0.05) is 12.7 Å². The molecule has 0 aliphatic heterocycles. The fourth-order valence-electron chi connectivity index (χ4n) is 2.42.